The Kier molecular flexibility index (Phi) is 5.08. The summed E-state index contributed by atoms with van der Waals surface area (Å²) in [6, 6.07) is 8.26. The number of benzene rings is 1. The lowest BCUT2D eigenvalue weighted by atomic mass is 9.84. The van der Waals surface area contributed by atoms with E-state index >= 15 is 0 Å². The van der Waals surface area contributed by atoms with Gasteiger partial charge in [0.2, 0.25) is 0 Å². The molecule has 9 nitrogen and oxygen atoms in total. The standard InChI is InChI=1S/C28H32N6O3/c1-27-7-8-28(2,33-27)14-20(13-27)34(19-4-5-19)24-16-29-25(32-31-24)21-6-3-17(11-22(21)35)18-12-23-26(30-15-18)37-10-9-36-23/h3,6,11-12,15-16,19-20,33,35H,4-5,7-10,13-14H2,1-2H3/t20?,27-,28+. The molecule has 1 aliphatic carbocycles. The highest BCUT2D eigenvalue weighted by atomic mass is 16.6. The Morgan fingerprint density at radius 2 is 1.70 bits per heavy atom. The van der Waals surface area contributed by atoms with Crippen molar-refractivity contribution >= 4 is 5.82 Å². The molecule has 192 valence electrons. The maximum Gasteiger partial charge on any atom is 0.257 e. The van der Waals surface area contributed by atoms with Crippen molar-refractivity contribution in [2.75, 3.05) is 18.1 Å². The Morgan fingerprint density at radius 3 is 2.41 bits per heavy atom. The third kappa shape index (κ3) is 4.15. The van der Waals surface area contributed by atoms with Crippen molar-refractivity contribution in [2.45, 2.75) is 75.5 Å². The van der Waals surface area contributed by atoms with E-state index in [1.807, 2.05) is 24.4 Å². The number of anilines is 1. The number of phenols is 1. The van der Waals surface area contributed by atoms with E-state index in [0.29, 0.717) is 48.3 Å². The summed E-state index contributed by atoms with van der Waals surface area (Å²) in [5.41, 5.74) is 2.57. The Morgan fingerprint density at radius 1 is 0.919 bits per heavy atom. The van der Waals surface area contributed by atoms with Gasteiger partial charge in [0, 0.05) is 34.9 Å². The van der Waals surface area contributed by atoms with E-state index < -0.39 is 0 Å². The number of rotatable bonds is 5. The van der Waals surface area contributed by atoms with Gasteiger partial charge in [0.25, 0.3) is 5.88 Å². The van der Waals surface area contributed by atoms with Crippen molar-refractivity contribution in [1.82, 2.24) is 25.5 Å². The lowest BCUT2D eigenvalue weighted by Gasteiger charge is -2.46. The molecule has 3 aromatic rings. The van der Waals surface area contributed by atoms with E-state index in [9.17, 15) is 5.11 Å². The molecule has 1 saturated carbocycles. The van der Waals surface area contributed by atoms with Gasteiger partial charge in [0.1, 0.15) is 19.0 Å². The van der Waals surface area contributed by atoms with Crippen LogP contribution in [-0.2, 0) is 0 Å². The van der Waals surface area contributed by atoms with E-state index in [1.54, 1.807) is 12.3 Å². The maximum absolute atomic E-state index is 10.8. The second kappa shape index (κ2) is 8.28. The van der Waals surface area contributed by atoms with Crippen LogP contribution >= 0.6 is 0 Å². The number of nitrogens with one attached hydrogen (secondary N) is 1. The van der Waals surface area contributed by atoms with Gasteiger partial charge in [-0.05, 0) is 76.1 Å². The third-order valence-electron chi connectivity index (χ3n) is 8.32. The van der Waals surface area contributed by atoms with Gasteiger partial charge in [-0.3, -0.25) is 0 Å². The largest absolute Gasteiger partial charge is 0.507 e. The SMILES string of the molecule is C[C@]12CC[C@](C)(CC(N(c3cnc(-c4ccc(-c5cnc6c(c5)OCCO6)cc4O)nn3)C3CC3)C1)N2. The molecule has 2 N–H and O–H groups in total. The fourth-order valence-electron chi connectivity index (χ4n) is 6.55. The number of aromatic hydroxyl groups is 1. The molecule has 0 radical (unpaired) electrons. The molecule has 3 atom stereocenters. The monoisotopic (exact) mass is 500 g/mol. The third-order valence-corrected chi connectivity index (χ3v) is 8.32. The number of phenolic OH excluding ortho intramolecular Hbond substituents is 1. The molecule has 1 aromatic carbocycles. The van der Waals surface area contributed by atoms with Crippen LogP contribution in [0.4, 0.5) is 5.82 Å². The quantitative estimate of drug-likeness (QED) is 0.535. The summed E-state index contributed by atoms with van der Waals surface area (Å²) in [6.07, 6.45) is 10.6. The molecule has 2 aromatic heterocycles. The van der Waals surface area contributed by atoms with Crippen LogP contribution in [0.1, 0.15) is 52.4 Å². The Bertz CT molecular complexity index is 1330. The molecular weight excluding hydrogens is 468 g/mol. The minimum atomic E-state index is 0.0942. The number of ether oxygens (including phenoxy) is 2. The molecule has 0 spiro atoms. The van der Waals surface area contributed by atoms with E-state index in [1.165, 1.54) is 25.7 Å². The highest BCUT2D eigenvalue weighted by Gasteiger charge is 2.51. The summed E-state index contributed by atoms with van der Waals surface area (Å²) in [5, 5.41) is 23.8. The molecule has 0 amide bonds. The molecule has 4 aliphatic rings. The number of hydrogen-bond acceptors (Lipinski definition) is 9. The van der Waals surface area contributed by atoms with Crippen LogP contribution in [-0.4, -0.2) is 61.6 Å². The first kappa shape index (κ1) is 22.7. The average Bonchev–Trinajstić information content (AvgIpc) is 3.69. The summed E-state index contributed by atoms with van der Waals surface area (Å²) in [5.74, 6) is 2.45. The summed E-state index contributed by atoms with van der Waals surface area (Å²) in [4.78, 5) is 11.5. The highest BCUT2D eigenvalue weighted by molar-refractivity contribution is 5.73. The molecule has 2 bridgehead atoms. The first-order chi connectivity index (χ1) is 17.9. The van der Waals surface area contributed by atoms with Crippen molar-refractivity contribution in [3.8, 4) is 39.9 Å². The molecule has 1 unspecified atom stereocenters. The molecule has 9 heteroatoms. The van der Waals surface area contributed by atoms with Gasteiger partial charge in [0.15, 0.2) is 17.4 Å². The summed E-state index contributed by atoms with van der Waals surface area (Å²) in [7, 11) is 0. The fraction of sp³-hybridized carbons (Fsp3) is 0.500. The van der Waals surface area contributed by atoms with Crippen LogP contribution in [0, 0.1) is 0 Å². The molecule has 3 aliphatic heterocycles. The van der Waals surface area contributed by atoms with Crippen LogP contribution in [0.3, 0.4) is 0 Å². The lowest BCUT2D eigenvalue weighted by Crippen LogP contribution is -2.59. The van der Waals surface area contributed by atoms with E-state index in [-0.39, 0.29) is 16.8 Å². The minimum absolute atomic E-state index is 0.0942. The molecule has 37 heavy (non-hydrogen) atoms. The smallest absolute Gasteiger partial charge is 0.257 e. The Hall–Kier alpha value is -3.46. The number of piperidine rings is 1. The highest BCUT2D eigenvalue weighted by Crippen LogP contribution is 2.46. The normalized spacial score (nSPS) is 28.2. The first-order valence-corrected chi connectivity index (χ1v) is 13.2. The second-order valence-corrected chi connectivity index (χ2v) is 11.5. The maximum atomic E-state index is 10.8. The molecule has 5 heterocycles. The summed E-state index contributed by atoms with van der Waals surface area (Å²) in [6.45, 7) is 5.71. The first-order valence-electron chi connectivity index (χ1n) is 13.2. The van der Waals surface area contributed by atoms with Crippen molar-refractivity contribution in [2.24, 2.45) is 0 Å². The Labute approximate surface area is 216 Å². The topological polar surface area (TPSA) is 106 Å². The van der Waals surface area contributed by atoms with Crippen molar-refractivity contribution in [1.29, 1.82) is 0 Å². The number of pyridine rings is 1. The molecular formula is C28H32N6O3. The number of fused-ring (bicyclic) bond motifs is 3. The van der Waals surface area contributed by atoms with E-state index in [4.69, 9.17) is 9.47 Å². The van der Waals surface area contributed by atoms with Gasteiger partial charge in [-0.15, -0.1) is 10.2 Å². The molecule has 7 rings (SSSR count). The number of nitrogens with zero attached hydrogens (tertiary/aromatic N) is 5. The van der Waals surface area contributed by atoms with Crippen LogP contribution in [0.15, 0.2) is 36.7 Å². The lowest BCUT2D eigenvalue weighted by molar-refractivity contribution is 0.164. The van der Waals surface area contributed by atoms with Crippen LogP contribution in [0.25, 0.3) is 22.5 Å². The average molecular weight is 501 g/mol. The van der Waals surface area contributed by atoms with Crippen molar-refractivity contribution in [3.63, 3.8) is 0 Å². The predicted octanol–water partition coefficient (Wildman–Crippen LogP) is 4.11. The van der Waals surface area contributed by atoms with E-state index in [2.05, 4.69) is 44.2 Å². The molecule has 2 saturated heterocycles. The van der Waals surface area contributed by atoms with Crippen molar-refractivity contribution < 1.29 is 14.6 Å². The second-order valence-electron chi connectivity index (χ2n) is 11.5. The van der Waals surface area contributed by atoms with E-state index in [0.717, 1.165) is 29.8 Å². The minimum Gasteiger partial charge on any atom is -0.507 e. The van der Waals surface area contributed by atoms with Crippen LogP contribution in [0.5, 0.6) is 17.4 Å². The zero-order valence-electron chi connectivity index (χ0n) is 21.3. The van der Waals surface area contributed by atoms with Crippen LogP contribution < -0.4 is 19.7 Å². The van der Waals surface area contributed by atoms with Gasteiger partial charge in [-0.1, -0.05) is 6.07 Å². The summed E-state index contributed by atoms with van der Waals surface area (Å²) >= 11 is 0. The van der Waals surface area contributed by atoms with Gasteiger partial charge in [0.05, 0.1) is 11.8 Å². The van der Waals surface area contributed by atoms with Gasteiger partial charge in [-0.2, -0.15) is 0 Å². The number of aromatic nitrogens is 4. The number of hydrogen-bond donors (Lipinski definition) is 2. The van der Waals surface area contributed by atoms with Gasteiger partial charge < -0.3 is 24.8 Å². The predicted molar refractivity (Wildman–Crippen MR) is 139 cm³/mol. The van der Waals surface area contributed by atoms with Gasteiger partial charge in [-0.25, -0.2) is 9.97 Å². The fourth-order valence-corrected chi connectivity index (χ4v) is 6.55. The Balaban J connectivity index is 1.14. The van der Waals surface area contributed by atoms with Gasteiger partial charge >= 0.3 is 0 Å². The van der Waals surface area contributed by atoms with Crippen LogP contribution in [0.2, 0.25) is 0 Å². The zero-order valence-corrected chi connectivity index (χ0v) is 21.3. The molecule has 3 fully saturated rings. The summed E-state index contributed by atoms with van der Waals surface area (Å²) < 4.78 is 11.2. The van der Waals surface area contributed by atoms with Crippen molar-refractivity contribution in [3.05, 3.63) is 36.7 Å². The zero-order chi connectivity index (χ0) is 25.2.